The molecule has 0 saturated carbocycles. The number of amides is 4. The highest BCUT2D eigenvalue weighted by Gasteiger charge is 2.65. The molecular weight excluding hydrogens is 696 g/mol. The lowest BCUT2D eigenvalue weighted by Gasteiger charge is -2.47. The fraction of sp³-hybridized carbons (Fsp3) is 0.371. The van der Waals surface area contributed by atoms with Gasteiger partial charge in [-0.2, -0.15) is 0 Å². The van der Waals surface area contributed by atoms with Gasteiger partial charge in [0.1, 0.15) is 17.0 Å². The Kier molecular flexibility index (Phi) is 9.90. The van der Waals surface area contributed by atoms with E-state index in [-0.39, 0.29) is 52.7 Å². The van der Waals surface area contributed by atoms with E-state index in [9.17, 15) is 27.2 Å². The highest BCUT2D eigenvalue weighted by Crippen LogP contribution is 2.61. The van der Waals surface area contributed by atoms with Gasteiger partial charge in [-0.3, -0.25) is 19.2 Å². The van der Waals surface area contributed by atoms with E-state index in [4.69, 9.17) is 27.9 Å². The topological polar surface area (TPSA) is 139 Å². The van der Waals surface area contributed by atoms with Gasteiger partial charge in [-0.25, -0.2) is 22.4 Å². The van der Waals surface area contributed by atoms with Crippen LogP contribution in [0.2, 0.25) is 10.0 Å². The Morgan fingerprint density at radius 2 is 1.67 bits per heavy atom. The van der Waals surface area contributed by atoms with Gasteiger partial charge in [0, 0.05) is 34.4 Å². The molecule has 2 heterocycles. The van der Waals surface area contributed by atoms with Crippen LogP contribution in [0.25, 0.3) is 0 Å². The van der Waals surface area contributed by atoms with Crippen molar-refractivity contribution >= 4 is 62.5 Å². The number of aryl methyl sites for hydroxylation is 1. The summed E-state index contributed by atoms with van der Waals surface area (Å²) in [6.07, 6.45) is 0.613. The second kappa shape index (κ2) is 13.4. The van der Waals surface area contributed by atoms with Gasteiger partial charge in [-0.15, -0.1) is 0 Å². The lowest BCUT2D eigenvalue weighted by molar-refractivity contribution is -0.137. The van der Waals surface area contributed by atoms with E-state index < -0.39 is 62.4 Å². The van der Waals surface area contributed by atoms with Gasteiger partial charge in [0.2, 0.25) is 27.7 Å². The third kappa shape index (κ3) is 6.30. The SMILES string of the molecule is CCC(=O)N1C(=O)[C@]2(c3ccc(Cl)cc31)[C@@H](c1cc(F)ccc1C)NC(=O)C[C@H]2c1cc(Cl)ccc1OC(CC)(CC)C(=O)NS(C)(=O)=O. The Morgan fingerprint density at radius 3 is 2.31 bits per heavy atom. The zero-order chi connectivity index (χ0) is 36.1. The number of anilines is 1. The van der Waals surface area contributed by atoms with Crippen molar-refractivity contribution in [2.45, 2.75) is 76.4 Å². The van der Waals surface area contributed by atoms with Crippen molar-refractivity contribution in [3.63, 3.8) is 0 Å². The second-order valence-electron chi connectivity index (χ2n) is 12.4. The zero-order valence-electron chi connectivity index (χ0n) is 27.5. The number of sulfonamides is 1. The average Bonchev–Trinajstić information content (AvgIpc) is 3.28. The summed E-state index contributed by atoms with van der Waals surface area (Å²) in [4.78, 5) is 57.0. The zero-order valence-corrected chi connectivity index (χ0v) is 29.9. The maximum Gasteiger partial charge on any atom is 0.277 e. The number of ether oxygens (including phenoxy) is 1. The standard InChI is InChI=1S/C35H36Cl2FN3O7S/c1-6-30(43)41-27-16-21(37)10-13-25(27)35(33(41)45)26(18-29(42)39-31(35)23-17-22(38)12-9-19(23)4)24-15-20(36)11-14-28(24)48-34(7-2,8-3)32(44)40-49(5,46)47/h9-17,26,31H,6-8,18H2,1-5H3,(H,39,42)(H,40,44)/t26-,31+,35-/m0/s1. The van der Waals surface area contributed by atoms with Crippen molar-refractivity contribution in [3.05, 3.63) is 92.7 Å². The highest BCUT2D eigenvalue weighted by molar-refractivity contribution is 7.89. The number of fused-ring (bicyclic) bond motifs is 2. The summed E-state index contributed by atoms with van der Waals surface area (Å²) >= 11 is 13.0. The van der Waals surface area contributed by atoms with Crippen molar-refractivity contribution < 1.29 is 36.7 Å². The molecule has 49 heavy (non-hydrogen) atoms. The molecule has 4 amide bonds. The third-order valence-electron chi connectivity index (χ3n) is 9.49. The number of carbonyl (C=O) groups is 4. The third-order valence-corrected chi connectivity index (χ3v) is 10.5. The molecule has 260 valence electrons. The molecule has 2 N–H and O–H groups in total. The summed E-state index contributed by atoms with van der Waals surface area (Å²) in [6, 6.07) is 12.1. The first-order valence-corrected chi connectivity index (χ1v) is 18.4. The molecule has 2 aliphatic heterocycles. The van der Waals surface area contributed by atoms with E-state index in [1.165, 1.54) is 42.5 Å². The molecule has 3 aromatic rings. The van der Waals surface area contributed by atoms with E-state index in [0.717, 1.165) is 11.2 Å². The minimum absolute atomic E-state index is 0.0368. The molecular formula is C35H36Cl2FN3O7S. The number of carbonyl (C=O) groups excluding carboxylic acids is 4. The highest BCUT2D eigenvalue weighted by atomic mass is 35.5. The molecule has 14 heteroatoms. The molecule has 3 aromatic carbocycles. The van der Waals surface area contributed by atoms with Crippen LogP contribution in [0.1, 0.15) is 80.7 Å². The summed E-state index contributed by atoms with van der Waals surface area (Å²) in [7, 11) is -3.97. The summed E-state index contributed by atoms with van der Waals surface area (Å²) in [5, 5.41) is 3.41. The van der Waals surface area contributed by atoms with E-state index in [1.54, 1.807) is 39.8 Å². The Hall–Kier alpha value is -4.00. The number of benzene rings is 3. The van der Waals surface area contributed by atoms with Crippen molar-refractivity contribution in [3.8, 4) is 5.75 Å². The number of rotatable bonds is 9. The van der Waals surface area contributed by atoms with Crippen molar-refractivity contribution in [2.24, 2.45) is 0 Å². The smallest absolute Gasteiger partial charge is 0.277 e. The average molecular weight is 733 g/mol. The minimum Gasteiger partial charge on any atom is -0.477 e. The van der Waals surface area contributed by atoms with E-state index in [0.29, 0.717) is 16.7 Å². The molecule has 5 rings (SSSR count). The Morgan fingerprint density at radius 1 is 1.02 bits per heavy atom. The molecule has 1 fully saturated rings. The maximum atomic E-state index is 15.2. The second-order valence-corrected chi connectivity index (χ2v) is 15.0. The van der Waals surface area contributed by atoms with Crippen LogP contribution in [0.3, 0.4) is 0 Å². The Bertz CT molecular complexity index is 1990. The number of nitrogens with one attached hydrogen (secondary N) is 2. The van der Waals surface area contributed by atoms with E-state index in [2.05, 4.69) is 5.32 Å². The number of nitrogens with zero attached hydrogens (tertiary/aromatic N) is 1. The molecule has 3 atom stereocenters. The van der Waals surface area contributed by atoms with Crippen molar-refractivity contribution in [2.75, 3.05) is 11.2 Å². The first-order valence-electron chi connectivity index (χ1n) is 15.8. The van der Waals surface area contributed by atoms with Gasteiger partial charge in [0.25, 0.3) is 5.91 Å². The van der Waals surface area contributed by atoms with Crippen LogP contribution >= 0.6 is 23.2 Å². The predicted octanol–water partition coefficient (Wildman–Crippen LogP) is 6.02. The van der Waals surface area contributed by atoms with E-state index in [1.807, 2.05) is 4.72 Å². The first kappa shape index (κ1) is 36.3. The molecule has 1 spiro atoms. The van der Waals surface area contributed by atoms with Gasteiger partial charge in [0.15, 0.2) is 5.60 Å². The molecule has 0 aromatic heterocycles. The Balaban J connectivity index is 1.85. The molecule has 0 unspecified atom stereocenters. The quantitative estimate of drug-likeness (QED) is 0.275. The maximum absolute atomic E-state index is 15.2. The lowest BCUT2D eigenvalue weighted by Crippen LogP contribution is -2.59. The molecule has 10 nitrogen and oxygen atoms in total. The largest absolute Gasteiger partial charge is 0.477 e. The monoisotopic (exact) mass is 731 g/mol. The molecule has 2 aliphatic rings. The minimum atomic E-state index is -3.97. The first-order chi connectivity index (χ1) is 23.0. The van der Waals surface area contributed by atoms with Crippen LogP contribution in [0.15, 0.2) is 54.6 Å². The molecule has 0 bridgehead atoms. The van der Waals surface area contributed by atoms with E-state index >= 15 is 4.79 Å². The normalized spacial score (nSPS) is 20.6. The summed E-state index contributed by atoms with van der Waals surface area (Å²) in [5.74, 6) is -4.22. The van der Waals surface area contributed by atoms with Crippen molar-refractivity contribution in [1.29, 1.82) is 0 Å². The predicted molar refractivity (Wildman–Crippen MR) is 184 cm³/mol. The van der Waals surface area contributed by atoms with Crippen molar-refractivity contribution in [1.82, 2.24) is 10.0 Å². The van der Waals surface area contributed by atoms with Crippen LogP contribution in [0.5, 0.6) is 5.75 Å². The molecule has 1 saturated heterocycles. The summed E-state index contributed by atoms with van der Waals surface area (Å²) in [5.41, 5.74) is -1.75. The van der Waals surface area contributed by atoms with Crippen LogP contribution in [-0.4, -0.2) is 43.9 Å². The summed E-state index contributed by atoms with van der Waals surface area (Å²) in [6.45, 7) is 6.65. The molecule has 0 aliphatic carbocycles. The number of hydrogen-bond acceptors (Lipinski definition) is 7. The fourth-order valence-corrected chi connectivity index (χ4v) is 7.94. The lowest BCUT2D eigenvalue weighted by atomic mass is 9.58. The number of halogens is 3. The van der Waals surface area contributed by atoms with Gasteiger partial charge in [-0.05, 0) is 78.9 Å². The van der Waals surface area contributed by atoms with Crippen LogP contribution in [-0.2, 0) is 34.6 Å². The van der Waals surface area contributed by atoms with Gasteiger partial charge in [0.05, 0.1) is 18.0 Å². The Labute approximate surface area is 294 Å². The number of hydrogen-bond donors (Lipinski definition) is 2. The van der Waals surface area contributed by atoms with Crippen LogP contribution in [0, 0.1) is 12.7 Å². The molecule has 0 radical (unpaired) electrons. The number of imide groups is 1. The summed E-state index contributed by atoms with van der Waals surface area (Å²) < 4.78 is 47.6. The van der Waals surface area contributed by atoms with Gasteiger partial charge in [-0.1, -0.05) is 56.1 Å². The van der Waals surface area contributed by atoms with Crippen LogP contribution < -0.4 is 19.7 Å². The van der Waals surface area contributed by atoms with Gasteiger partial charge < -0.3 is 10.1 Å². The van der Waals surface area contributed by atoms with Gasteiger partial charge >= 0.3 is 0 Å². The fourth-order valence-electron chi connectivity index (χ4n) is 7.07. The number of piperidine rings is 1. The van der Waals surface area contributed by atoms with Crippen LogP contribution in [0.4, 0.5) is 10.1 Å².